The summed E-state index contributed by atoms with van der Waals surface area (Å²) in [5.74, 6) is -1.41. The molecule has 0 aliphatic rings. The van der Waals surface area contributed by atoms with Gasteiger partial charge in [0.15, 0.2) is 11.6 Å². The summed E-state index contributed by atoms with van der Waals surface area (Å²) in [5, 5.41) is 19.1. The second-order valence-corrected chi connectivity index (χ2v) is 3.54. The lowest BCUT2D eigenvalue weighted by Gasteiger charge is -2.05. The van der Waals surface area contributed by atoms with Crippen LogP contribution >= 0.6 is 0 Å². The van der Waals surface area contributed by atoms with Crippen LogP contribution in [0.5, 0.6) is 11.8 Å². The molecule has 1 heterocycles. The van der Waals surface area contributed by atoms with Crippen LogP contribution in [0.2, 0.25) is 0 Å². The molecule has 0 aliphatic heterocycles. The Bertz CT molecular complexity index is 728. The van der Waals surface area contributed by atoms with Crippen molar-refractivity contribution in [2.75, 3.05) is 5.73 Å². The summed E-state index contributed by atoms with van der Waals surface area (Å²) in [4.78, 5) is 16.9. The number of aromatic nitrogens is 2. The Labute approximate surface area is 111 Å². The number of nitrogens with two attached hydrogens (primary N) is 1. The lowest BCUT2D eigenvalue weighted by molar-refractivity contribution is -0.384. The smallest absolute Gasteiger partial charge is 0.329 e. The first-order valence-electron chi connectivity index (χ1n) is 5.15. The van der Waals surface area contributed by atoms with Crippen LogP contribution in [0, 0.1) is 27.3 Å². The molecule has 0 unspecified atom stereocenters. The van der Waals surface area contributed by atoms with Gasteiger partial charge in [-0.2, -0.15) is 15.2 Å². The van der Waals surface area contributed by atoms with Crippen LogP contribution in [0.1, 0.15) is 5.56 Å². The van der Waals surface area contributed by atoms with E-state index in [2.05, 4.69) is 9.97 Å². The van der Waals surface area contributed by atoms with Crippen molar-refractivity contribution in [2.24, 2.45) is 0 Å². The van der Waals surface area contributed by atoms with Crippen LogP contribution in [-0.4, -0.2) is 14.9 Å². The van der Waals surface area contributed by atoms with Crippen LogP contribution in [0.15, 0.2) is 24.4 Å². The predicted molar refractivity (Wildman–Crippen MR) is 64.3 cm³/mol. The number of ether oxygens (including phenoxy) is 1. The Hall–Kier alpha value is -3.28. The number of nitrogen functional groups attached to an aromatic ring is 1. The molecule has 0 aliphatic carbocycles. The molecular weight excluding hydrogens is 269 g/mol. The van der Waals surface area contributed by atoms with Crippen molar-refractivity contribution in [3.05, 3.63) is 45.9 Å². The SMILES string of the molecule is N#Cc1ccc(Oc2ncc([N+](=O)[O-])c(N)n2)c(F)c1. The van der Waals surface area contributed by atoms with Crippen LogP contribution in [0.4, 0.5) is 15.9 Å². The number of rotatable bonds is 3. The van der Waals surface area contributed by atoms with E-state index in [9.17, 15) is 14.5 Å². The van der Waals surface area contributed by atoms with Crippen LogP contribution in [0.25, 0.3) is 0 Å². The van der Waals surface area contributed by atoms with Crippen LogP contribution in [0.3, 0.4) is 0 Å². The minimum absolute atomic E-state index is 0.124. The molecule has 0 bridgehead atoms. The van der Waals surface area contributed by atoms with E-state index >= 15 is 0 Å². The molecule has 2 N–H and O–H groups in total. The zero-order chi connectivity index (χ0) is 14.7. The third kappa shape index (κ3) is 2.59. The van der Waals surface area contributed by atoms with Gasteiger partial charge >= 0.3 is 11.7 Å². The Morgan fingerprint density at radius 1 is 1.50 bits per heavy atom. The highest BCUT2D eigenvalue weighted by Crippen LogP contribution is 2.25. The zero-order valence-corrected chi connectivity index (χ0v) is 9.78. The molecule has 0 spiro atoms. The van der Waals surface area contributed by atoms with E-state index in [-0.39, 0.29) is 17.3 Å². The van der Waals surface area contributed by atoms with E-state index in [0.717, 1.165) is 12.3 Å². The average Bonchev–Trinajstić information content (AvgIpc) is 2.40. The molecule has 8 nitrogen and oxygen atoms in total. The maximum atomic E-state index is 13.6. The number of nitro groups is 1. The van der Waals surface area contributed by atoms with E-state index in [0.29, 0.717) is 0 Å². The van der Waals surface area contributed by atoms with Crippen molar-refractivity contribution in [3.8, 4) is 17.8 Å². The number of halogens is 1. The number of nitrogens with zero attached hydrogens (tertiary/aromatic N) is 4. The lowest BCUT2D eigenvalue weighted by Crippen LogP contribution is -2.02. The van der Waals surface area contributed by atoms with Crippen LogP contribution < -0.4 is 10.5 Å². The van der Waals surface area contributed by atoms with Crippen molar-refractivity contribution in [2.45, 2.75) is 0 Å². The van der Waals surface area contributed by atoms with Crippen LogP contribution in [-0.2, 0) is 0 Å². The van der Waals surface area contributed by atoms with Gasteiger partial charge in [0.05, 0.1) is 16.6 Å². The average molecular weight is 275 g/mol. The number of hydrogen-bond acceptors (Lipinski definition) is 7. The predicted octanol–water partition coefficient (Wildman–Crippen LogP) is 1.77. The van der Waals surface area contributed by atoms with Gasteiger partial charge in [-0.3, -0.25) is 10.1 Å². The van der Waals surface area contributed by atoms with Gasteiger partial charge in [0, 0.05) is 0 Å². The third-order valence-electron chi connectivity index (χ3n) is 2.23. The van der Waals surface area contributed by atoms with E-state index in [1.807, 2.05) is 0 Å². The van der Waals surface area contributed by atoms with E-state index in [4.69, 9.17) is 15.7 Å². The largest absolute Gasteiger partial charge is 0.421 e. The number of hydrogen-bond donors (Lipinski definition) is 1. The summed E-state index contributed by atoms with van der Waals surface area (Å²) in [6.45, 7) is 0. The molecule has 100 valence electrons. The number of nitriles is 1. The zero-order valence-electron chi connectivity index (χ0n) is 9.78. The van der Waals surface area contributed by atoms with Crippen molar-refractivity contribution < 1.29 is 14.1 Å². The normalized spacial score (nSPS) is 9.80. The quantitative estimate of drug-likeness (QED) is 0.667. The van der Waals surface area contributed by atoms with Gasteiger partial charge in [0.1, 0.15) is 6.20 Å². The van der Waals surface area contributed by atoms with Gasteiger partial charge in [0.25, 0.3) is 0 Å². The first-order valence-corrected chi connectivity index (χ1v) is 5.15. The summed E-state index contributed by atoms with van der Waals surface area (Å²) >= 11 is 0. The molecule has 0 saturated heterocycles. The Kier molecular flexibility index (Phi) is 3.39. The van der Waals surface area contributed by atoms with Gasteiger partial charge in [-0.15, -0.1) is 0 Å². The molecule has 1 aromatic heterocycles. The molecule has 9 heteroatoms. The van der Waals surface area contributed by atoms with Gasteiger partial charge in [-0.05, 0) is 18.2 Å². The molecule has 2 rings (SSSR count). The minimum Gasteiger partial charge on any atom is -0.421 e. The van der Waals surface area contributed by atoms with Gasteiger partial charge in [0.2, 0.25) is 5.82 Å². The molecule has 1 aromatic carbocycles. The Morgan fingerprint density at radius 2 is 2.25 bits per heavy atom. The summed E-state index contributed by atoms with van der Waals surface area (Å²) in [6, 6.07) is 4.96. The fraction of sp³-hybridized carbons (Fsp3) is 0. The van der Waals surface area contributed by atoms with E-state index < -0.39 is 22.2 Å². The van der Waals surface area contributed by atoms with E-state index in [1.54, 1.807) is 6.07 Å². The fourth-order valence-electron chi connectivity index (χ4n) is 1.31. The van der Waals surface area contributed by atoms with Crippen molar-refractivity contribution in [1.29, 1.82) is 5.26 Å². The second kappa shape index (κ2) is 5.15. The molecule has 20 heavy (non-hydrogen) atoms. The van der Waals surface area contributed by atoms with Gasteiger partial charge < -0.3 is 10.5 Å². The summed E-state index contributed by atoms with van der Waals surface area (Å²) < 4.78 is 18.6. The lowest BCUT2D eigenvalue weighted by atomic mass is 10.2. The van der Waals surface area contributed by atoms with Gasteiger partial charge in [-0.1, -0.05) is 0 Å². The second-order valence-electron chi connectivity index (χ2n) is 3.54. The topological polar surface area (TPSA) is 128 Å². The van der Waals surface area contributed by atoms with Crippen molar-refractivity contribution >= 4 is 11.5 Å². The highest BCUT2D eigenvalue weighted by Gasteiger charge is 2.16. The summed E-state index contributed by atoms with van der Waals surface area (Å²) in [7, 11) is 0. The number of anilines is 1. The molecule has 2 aromatic rings. The summed E-state index contributed by atoms with van der Waals surface area (Å²) in [6.07, 6.45) is 0.860. The fourth-order valence-corrected chi connectivity index (χ4v) is 1.31. The molecule has 0 saturated carbocycles. The van der Waals surface area contributed by atoms with Crippen molar-refractivity contribution in [1.82, 2.24) is 9.97 Å². The third-order valence-corrected chi connectivity index (χ3v) is 2.23. The molecule has 0 atom stereocenters. The highest BCUT2D eigenvalue weighted by atomic mass is 19.1. The Morgan fingerprint density at radius 3 is 2.80 bits per heavy atom. The van der Waals surface area contributed by atoms with E-state index in [1.165, 1.54) is 12.1 Å². The Balaban J connectivity index is 2.29. The maximum Gasteiger partial charge on any atom is 0.329 e. The highest BCUT2D eigenvalue weighted by molar-refractivity contribution is 5.51. The number of benzene rings is 1. The molecule has 0 radical (unpaired) electrons. The molecule has 0 amide bonds. The first kappa shape index (κ1) is 13.2. The monoisotopic (exact) mass is 275 g/mol. The standard InChI is InChI=1S/C11H6FN5O3/c12-7-3-6(4-13)1-2-9(7)20-11-15-5-8(17(18)19)10(14)16-11/h1-3,5H,(H2,14,15,16). The minimum atomic E-state index is -0.787. The maximum absolute atomic E-state index is 13.6. The molecular formula is C11H6FN5O3. The van der Waals surface area contributed by atoms with Gasteiger partial charge in [-0.25, -0.2) is 4.39 Å². The molecule has 0 fully saturated rings. The van der Waals surface area contributed by atoms with Crippen molar-refractivity contribution in [3.63, 3.8) is 0 Å². The summed E-state index contributed by atoms with van der Waals surface area (Å²) in [5.41, 5.74) is 5.00. The first-order chi connectivity index (χ1) is 9.51.